The van der Waals surface area contributed by atoms with Crippen LogP contribution in [-0.2, 0) is 32.6 Å². The average molecular weight is 631 g/mol. The number of amides is 2. The normalized spacial score (nSPS) is 14.7. The molecular weight excluding hydrogens is 593 g/mol. The summed E-state index contributed by atoms with van der Waals surface area (Å²) in [6, 6.07) is 19.4. The van der Waals surface area contributed by atoms with Gasteiger partial charge >= 0.3 is 0 Å². The Hall–Kier alpha value is -3.07. The van der Waals surface area contributed by atoms with E-state index in [1.54, 1.807) is 55.5 Å². The Labute approximate surface area is 258 Å². The van der Waals surface area contributed by atoms with Crippen molar-refractivity contribution in [3.8, 4) is 0 Å². The predicted molar refractivity (Wildman–Crippen MR) is 168 cm³/mol. The predicted octanol–water partition coefficient (Wildman–Crippen LogP) is 6.62. The number of halogens is 2. The molecule has 1 fully saturated rings. The Bertz CT molecular complexity index is 1490. The molecule has 0 aromatic heterocycles. The number of benzene rings is 3. The molecule has 0 unspecified atom stereocenters. The van der Waals surface area contributed by atoms with E-state index in [0.717, 1.165) is 42.0 Å². The number of nitrogens with zero attached hydrogens (tertiary/aromatic N) is 2. The quantitative estimate of drug-likeness (QED) is 0.258. The Morgan fingerprint density at radius 1 is 0.929 bits per heavy atom. The first kappa shape index (κ1) is 31.9. The summed E-state index contributed by atoms with van der Waals surface area (Å²) in [5.41, 5.74) is 1.87. The molecule has 2 amide bonds. The van der Waals surface area contributed by atoms with Gasteiger partial charge in [0.2, 0.25) is 11.8 Å². The molecule has 1 atom stereocenters. The summed E-state index contributed by atoms with van der Waals surface area (Å²) in [6.45, 7) is 3.16. The molecule has 3 aromatic carbocycles. The zero-order valence-electron chi connectivity index (χ0n) is 23.9. The molecule has 224 valence electrons. The SMILES string of the molecule is CCc1ccccc1N(CC(=O)N(Cc1ccc(Cl)c(Cl)c1)[C@@H](C)C(=O)NC1CCCCC1)S(=O)(=O)c1ccccc1. The lowest BCUT2D eigenvalue weighted by Crippen LogP contribution is -2.53. The van der Waals surface area contributed by atoms with Crippen LogP contribution in [0.1, 0.15) is 57.1 Å². The molecule has 1 saturated carbocycles. The maximum atomic E-state index is 14.2. The van der Waals surface area contributed by atoms with E-state index in [-0.39, 0.29) is 23.4 Å². The molecule has 10 heteroatoms. The van der Waals surface area contributed by atoms with Crippen molar-refractivity contribution in [2.24, 2.45) is 0 Å². The summed E-state index contributed by atoms with van der Waals surface area (Å²) in [7, 11) is -4.12. The van der Waals surface area contributed by atoms with Crippen LogP contribution < -0.4 is 9.62 Å². The zero-order chi connectivity index (χ0) is 30.3. The number of rotatable bonds is 11. The molecule has 0 bridgehead atoms. The average Bonchev–Trinajstić information content (AvgIpc) is 3.00. The molecule has 3 aromatic rings. The lowest BCUT2D eigenvalue weighted by molar-refractivity contribution is -0.139. The molecule has 0 saturated heterocycles. The molecule has 1 aliphatic rings. The van der Waals surface area contributed by atoms with Gasteiger partial charge in [-0.25, -0.2) is 8.42 Å². The van der Waals surface area contributed by atoms with Crippen molar-refractivity contribution in [1.82, 2.24) is 10.2 Å². The minimum atomic E-state index is -4.12. The fourth-order valence-corrected chi connectivity index (χ4v) is 7.07. The Morgan fingerprint density at radius 2 is 1.60 bits per heavy atom. The van der Waals surface area contributed by atoms with Gasteiger partial charge in [0.25, 0.3) is 10.0 Å². The van der Waals surface area contributed by atoms with Crippen LogP contribution >= 0.6 is 23.2 Å². The van der Waals surface area contributed by atoms with Crippen molar-refractivity contribution in [1.29, 1.82) is 0 Å². The van der Waals surface area contributed by atoms with E-state index in [9.17, 15) is 18.0 Å². The number of carbonyl (C=O) groups excluding carboxylic acids is 2. The van der Waals surface area contributed by atoms with Crippen molar-refractivity contribution >= 4 is 50.7 Å². The van der Waals surface area contributed by atoms with E-state index in [1.165, 1.54) is 17.0 Å². The van der Waals surface area contributed by atoms with Gasteiger partial charge < -0.3 is 10.2 Å². The van der Waals surface area contributed by atoms with E-state index in [2.05, 4.69) is 5.32 Å². The summed E-state index contributed by atoms with van der Waals surface area (Å²) >= 11 is 12.4. The van der Waals surface area contributed by atoms with E-state index in [0.29, 0.717) is 27.7 Å². The van der Waals surface area contributed by atoms with E-state index >= 15 is 0 Å². The van der Waals surface area contributed by atoms with Gasteiger partial charge in [-0.1, -0.05) is 91.9 Å². The van der Waals surface area contributed by atoms with Crippen LogP contribution in [-0.4, -0.2) is 43.8 Å². The van der Waals surface area contributed by atoms with Gasteiger partial charge in [-0.2, -0.15) is 0 Å². The number of aryl methyl sites for hydroxylation is 1. The highest BCUT2D eigenvalue weighted by Gasteiger charge is 2.34. The van der Waals surface area contributed by atoms with Gasteiger partial charge in [0.15, 0.2) is 0 Å². The number of anilines is 1. The van der Waals surface area contributed by atoms with Crippen LogP contribution in [0.3, 0.4) is 0 Å². The highest BCUT2D eigenvalue weighted by molar-refractivity contribution is 7.92. The standard InChI is InChI=1S/C32H37Cl2N3O4S/c1-3-25-12-10-11-17-30(25)37(42(40,41)27-15-8-5-9-16-27)22-31(38)36(21-24-18-19-28(33)29(34)20-24)23(2)32(39)35-26-13-6-4-7-14-26/h5,8-12,15-20,23,26H,3-4,6-7,13-14,21-22H2,1-2H3,(H,35,39)/t23-/m0/s1. The van der Waals surface area contributed by atoms with Gasteiger partial charge in [0.1, 0.15) is 12.6 Å². The summed E-state index contributed by atoms with van der Waals surface area (Å²) in [4.78, 5) is 29.1. The number of carbonyl (C=O) groups is 2. The second-order valence-corrected chi connectivity index (χ2v) is 13.3. The number of para-hydroxylation sites is 1. The van der Waals surface area contributed by atoms with Gasteiger partial charge in [0.05, 0.1) is 20.6 Å². The minimum Gasteiger partial charge on any atom is -0.352 e. The minimum absolute atomic E-state index is 0.0453. The fraction of sp³-hybridized carbons (Fsp3) is 0.375. The van der Waals surface area contributed by atoms with Crippen LogP contribution in [0.2, 0.25) is 10.0 Å². The highest BCUT2D eigenvalue weighted by Crippen LogP contribution is 2.29. The third-order valence-electron chi connectivity index (χ3n) is 7.71. The summed E-state index contributed by atoms with van der Waals surface area (Å²) in [5, 5.41) is 3.81. The van der Waals surface area contributed by atoms with Crippen molar-refractivity contribution < 1.29 is 18.0 Å². The smallest absolute Gasteiger partial charge is 0.264 e. The zero-order valence-corrected chi connectivity index (χ0v) is 26.3. The lowest BCUT2D eigenvalue weighted by Gasteiger charge is -2.33. The molecule has 0 heterocycles. The van der Waals surface area contributed by atoms with Crippen molar-refractivity contribution in [2.45, 2.75) is 75.9 Å². The van der Waals surface area contributed by atoms with E-state index in [4.69, 9.17) is 23.2 Å². The Balaban J connectivity index is 1.71. The van der Waals surface area contributed by atoms with Crippen LogP contribution in [0.5, 0.6) is 0 Å². The Kier molecular flexibility index (Phi) is 10.9. The van der Waals surface area contributed by atoms with Gasteiger partial charge in [-0.15, -0.1) is 0 Å². The van der Waals surface area contributed by atoms with Crippen LogP contribution in [0, 0.1) is 0 Å². The summed E-state index contributed by atoms with van der Waals surface area (Å²) in [6.07, 6.45) is 5.61. The highest BCUT2D eigenvalue weighted by atomic mass is 35.5. The van der Waals surface area contributed by atoms with Crippen molar-refractivity contribution in [3.05, 3.63) is 94.0 Å². The van der Waals surface area contributed by atoms with Gasteiger partial charge in [0, 0.05) is 12.6 Å². The van der Waals surface area contributed by atoms with E-state index in [1.807, 2.05) is 19.1 Å². The lowest BCUT2D eigenvalue weighted by atomic mass is 9.95. The van der Waals surface area contributed by atoms with Crippen molar-refractivity contribution in [3.63, 3.8) is 0 Å². The summed E-state index contributed by atoms with van der Waals surface area (Å²) in [5.74, 6) is -0.792. The van der Waals surface area contributed by atoms with Crippen LogP contribution in [0.25, 0.3) is 0 Å². The Morgan fingerprint density at radius 3 is 2.26 bits per heavy atom. The third-order valence-corrected chi connectivity index (χ3v) is 10.2. The van der Waals surface area contributed by atoms with Crippen LogP contribution in [0.4, 0.5) is 5.69 Å². The third kappa shape index (κ3) is 7.65. The van der Waals surface area contributed by atoms with E-state index < -0.39 is 28.5 Å². The topological polar surface area (TPSA) is 86.8 Å². The maximum Gasteiger partial charge on any atom is 0.264 e. The molecule has 0 aliphatic heterocycles. The monoisotopic (exact) mass is 629 g/mol. The van der Waals surface area contributed by atoms with Crippen molar-refractivity contribution in [2.75, 3.05) is 10.8 Å². The van der Waals surface area contributed by atoms with Crippen LogP contribution in [0.15, 0.2) is 77.7 Å². The first-order chi connectivity index (χ1) is 20.1. The first-order valence-corrected chi connectivity index (χ1v) is 16.5. The first-order valence-electron chi connectivity index (χ1n) is 14.3. The number of sulfonamides is 1. The van der Waals surface area contributed by atoms with Gasteiger partial charge in [-0.3, -0.25) is 13.9 Å². The number of hydrogen-bond acceptors (Lipinski definition) is 4. The molecular formula is C32H37Cl2N3O4S. The summed E-state index contributed by atoms with van der Waals surface area (Å²) < 4.78 is 29.2. The maximum absolute atomic E-state index is 14.2. The molecule has 1 N–H and O–H groups in total. The molecule has 0 radical (unpaired) electrons. The fourth-order valence-electron chi connectivity index (χ4n) is 5.27. The molecule has 4 rings (SSSR count). The number of nitrogens with one attached hydrogen (secondary N) is 1. The van der Waals surface area contributed by atoms with Gasteiger partial charge in [-0.05, 0) is 67.6 Å². The largest absolute Gasteiger partial charge is 0.352 e. The molecule has 7 nitrogen and oxygen atoms in total. The second kappa shape index (κ2) is 14.4. The second-order valence-electron chi connectivity index (χ2n) is 10.6. The number of hydrogen-bond donors (Lipinski definition) is 1. The molecule has 1 aliphatic carbocycles. The molecule has 0 spiro atoms. The molecule has 42 heavy (non-hydrogen) atoms.